The van der Waals surface area contributed by atoms with Crippen LogP contribution in [-0.4, -0.2) is 36.9 Å². The fourth-order valence-corrected chi connectivity index (χ4v) is 3.98. The van der Waals surface area contributed by atoms with Gasteiger partial charge in [0.05, 0.1) is 18.8 Å². The monoisotopic (exact) mass is 356 g/mol. The van der Waals surface area contributed by atoms with Crippen LogP contribution in [0, 0.1) is 5.82 Å². The lowest BCUT2D eigenvalue weighted by atomic mass is 10.2. The number of benzene rings is 1. The van der Waals surface area contributed by atoms with Gasteiger partial charge in [0.25, 0.3) is 0 Å². The number of sulfonamides is 1. The van der Waals surface area contributed by atoms with E-state index in [1.165, 1.54) is 22.5 Å². The van der Waals surface area contributed by atoms with Crippen molar-refractivity contribution in [2.24, 2.45) is 0 Å². The number of ether oxygens (including phenoxy) is 1. The number of rotatable bonds is 5. The molecule has 5 nitrogen and oxygen atoms in total. The quantitative estimate of drug-likeness (QED) is 0.825. The first-order chi connectivity index (χ1) is 10.9. The zero-order valence-corrected chi connectivity index (χ0v) is 13.6. The summed E-state index contributed by atoms with van der Waals surface area (Å²) < 4.78 is 44.5. The Morgan fingerprint density at radius 1 is 1.30 bits per heavy atom. The number of halogens is 2. The SMILES string of the molecule is O=S(=O)(Cc1cccc(F)c1)N1CC(Oc2ncccc2Cl)C1. The van der Waals surface area contributed by atoms with Crippen molar-refractivity contribution in [2.75, 3.05) is 13.1 Å². The van der Waals surface area contributed by atoms with E-state index in [-0.39, 0.29) is 24.9 Å². The van der Waals surface area contributed by atoms with Gasteiger partial charge in [-0.3, -0.25) is 0 Å². The summed E-state index contributed by atoms with van der Waals surface area (Å²) >= 11 is 5.94. The minimum absolute atomic E-state index is 0.227. The molecule has 1 aromatic heterocycles. The van der Waals surface area contributed by atoms with Gasteiger partial charge in [-0.1, -0.05) is 23.7 Å². The van der Waals surface area contributed by atoms with Crippen molar-refractivity contribution in [1.29, 1.82) is 0 Å². The maximum atomic E-state index is 13.1. The second-order valence-corrected chi connectivity index (χ2v) is 7.61. The fourth-order valence-electron chi connectivity index (χ4n) is 2.25. The lowest BCUT2D eigenvalue weighted by Gasteiger charge is -2.37. The van der Waals surface area contributed by atoms with E-state index in [1.54, 1.807) is 24.4 Å². The predicted octanol–water partition coefficient (Wildman–Crippen LogP) is 2.47. The van der Waals surface area contributed by atoms with Crippen molar-refractivity contribution >= 4 is 21.6 Å². The van der Waals surface area contributed by atoms with Crippen LogP contribution < -0.4 is 4.74 Å². The third-order valence-corrected chi connectivity index (χ3v) is 5.52. The van der Waals surface area contributed by atoms with Crippen LogP contribution in [0.4, 0.5) is 4.39 Å². The maximum absolute atomic E-state index is 13.1. The van der Waals surface area contributed by atoms with Crippen LogP contribution in [0.25, 0.3) is 0 Å². The van der Waals surface area contributed by atoms with E-state index in [4.69, 9.17) is 16.3 Å². The summed E-state index contributed by atoms with van der Waals surface area (Å²) in [6, 6.07) is 8.92. The fraction of sp³-hybridized carbons (Fsp3) is 0.267. The molecule has 1 aliphatic rings. The van der Waals surface area contributed by atoms with Gasteiger partial charge in [0.1, 0.15) is 16.9 Å². The third kappa shape index (κ3) is 3.80. The van der Waals surface area contributed by atoms with E-state index >= 15 is 0 Å². The van der Waals surface area contributed by atoms with E-state index in [1.807, 2.05) is 0 Å². The zero-order valence-electron chi connectivity index (χ0n) is 12.0. The topological polar surface area (TPSA) is 59.5 Å². The lowest BCUT2D eigenvalue weighted by Crippen LogP contribution is -2.56. The Morgan fingerprint density at radius 2 is 2.09 bits per heavy atom. The highest BCUT2D eigenvalue weighted by Crippen LogP contribution is 2.26. The lowest BCUT2D eigenvalue weighted by molar-refractivity contribution is 0.0721. The Bertz CT molecular complexity index is 810. The molecule has 0 atom stereocenters. The Balaban J connectivity index is 1.59. The molecule has 0 unspecified atom stereocenters. The molecule has 1 aromatic carbocycles. The summed E-state index contributed by atoms with van der Waals surface area (Å²) in [4.78, 5) is 4.00. The molecule has 3 rings (SSSR count). The van der Waals surface area contributed by atoms with Gasteiger partial charge >= 0.3 is 0 Å². The number of hydrogen-bond donors (Lipinski definition) is 0. The maximum Gasteiger partial charge on any atom is 0.232 e. The molecule has 1 saturated heterocycles. The standard InChI is InChI=1S/C15H14ClFN2O3S/c16-14-5-2-6-18-15(14)22-13-8-19(9-13)23(20,21)10-11-3-1-4-12(17)7-11/h1-7,13H,8-10H2. The molecule has 1 fully saturated rings. The highest BCUT2D eigenvalue weighted by molar-refractivity contribution is 7.88. The average molecular weight is 357 g/mol. The summed E-state index contributed by atoms with van der Waals surface area (Å²) in [5, 5.41) is 0.383. The van der Waals surface area contributed by atoms with Crippen molar-refractivity contribution in [3.05, 3.63) is 59.0 Å². The Labute approximate surface area is 138 Å². The molecule has 8 heteroatoms. The highest BCUT2D eigenvalue weighted by Gasteiger charge is 2.37. The van der Waals surface area contributed by atoms with E-state index in [2.05, 4.69) is 4.98 Å². The molecule has 2 heterocycles. The van der Waals surface area contributed by atoms with Crippen LogP contribution in [0.5, 0.6) is 5.88 Å². The van der Waals surface area contributed by atoms with Gasteiger partial charge in [0.2, 0.25) is 15.9 Å². The number of nitrogens with zero attached hydrogens (tertiary/aromatic N) is 2. The molecule has 23 heavy (non-hydrogen) atoms. The second kappa shape index (κ2) is 6.43. The number of aromatic nitrogens is 1. The van der Waals surface area contributed by atoms with Crippen LogP contribution in [0.15, 0.2) is 42.6 Å². The molecule has 122 valence electrons. The highest BCUT2D eigenvalue weighted by atomic mass is 35.5. The Hall–Kier alpha value is -1.70. The van der Waals surface area contributed by atoms with Crippen molar-refractivity contribution in [3.8, 4) is 5.88 Å². The first kappa shape index (κ1) is 16.2. The summed E-state index contributed by atoms with van der Waals surface area (Å²) in [5.74, 6) is -0.393. The van der Waals surface area contributed by atoms with Crippen molar-refractivity contribution in [3.63, 3.8) is 0 Å². The minimum atomic E-state index is -3.50. The Kier molecular flexibility index (Phi) is 4.52. The molecule has 2 aromatic rings. The third-order valence-electron chi connectivity index (χ3n) is 3.45. The molecule has 0 bridgehead atoms. The molecular formula is C15H14ClFN2O3S. The second-order valence-electron chi connectivity index (χ2n) is 5.23. The summed E-state index contributed by atoms with van der Waals surface area (Å²) in [6.45, 7) is 0.453. The molecule has 0 radical (unpaired) electrons. The largest absolute Gasteiger partial charge is 0.470 e. The number of pyridine rings is 1. The molecule has 0 saturated carbocycles. The zero-order chi connectivity index (χ0) is 16.4. The smallest absolute Gasteiger partial charge is 0.232 e. The average Bonchev–Trinajstić information content (AvgIpc) is 2.43. The first-order valence-corrected chi connectivity index (χ1v) is 8.92. The molecule has 1 aliphatic heterocycles. The van der Waals surface area contributed by atoms with Crippen LogP contribution in [-0.2, 0) is 15.8 Å². The molecule has 0 aliphatic carbocycles. The normalized spacial score (nSPS) is 16.1. The molecule has 0 amide bonds. The van der Waals surface area contributed by atoms with Crippen LogP contribution >= 0.6 is 11.6 Å². The van der Waals surface area contributed by atoms with E-state index in [0.29, 0.717) is 16.5 Å². The van der Waals surface area contributed by atoms with Gasteiger partial charge in [-0.25, -0.2) is 17.8 Å². The van der Waals surface area contributed by atoms with Crippen LogP contribution in [0.3, 0.4) is 0 Å². The van der Waals surface area contributed by atoms with Crippen LogP contribution in [0.1, 0.15) is 5.56 Å². The van der Waals surface area contributed by atoms with Gasteiger partial charge in [0.15, 0.2) is 0 Å². The van der Waals surface area contributed by atoms with Crippen molar-refractivity contribution in [2.45, 2.75) is 11.9 Å². The van der Waals surface area contributed by atoms with Gasteiger partial charge < -0.3 is 4.74 Å². The van der Waals surface area contributed by atoms with Gasteiger partial charge in [-0.15, -0.1) is 0 Å². The van der Waals surface area contributed by atoms with Gasteiger partial charge in [-0.05, 0) is 29.8 Å². The van der Waals surface area contributed by atoms with E-state index in [0.717, 1.165) is 0 Å². The van der Waals surface area contributed by atoms with Gasteiger partial charge in [-0.2, -0.15) is 4.31 Å². The minimum Gasteiger partial charge on any atom is -0.470 e. The number of hydrogen-bond acceptors (Lipinski definition) is 4. The predicted molar refractivity (Wildman–Crippen MR) is 84.3 cm³/mol. The Morgan fingerprint density at radius 3 is 2.78 bits per heavy atom. The molecule has 0 spiro atoms. The van der Waals surface area contributed by atoms with E-state index in [9.17, 15) is 12.8 Å². The molecular weight excluding hydrogens is 343 g/mol. The summed E-state index contributed by atoms with van der Waals surface area (Å²) in [5.41, 5.74) is 0.419. The van der Waals surface area contributed by atoms with E-state index < -0.39 is 15.8 Å². The van der Waals surface area contributed by atoms with Crippen molar-refractivity contribution < 1.29 is 17.5 Å². The van der Waals surface area contributed by atoms with Crippen molar-refractivity contribution in [1.82, 2.24) is 9.29 Å². The van der Waals surface area contributed by atoms with Crippen LogP contribution in [0.2, 0.25) is 5.02 Å². The summed E-state index contributed by atoms with van der Waals surface area (Å²) in [7, 11) is -3.50. The van der Waals surface area contributed by atoms with Gasteiger partial charge in [0, 0.05) is 6.20 Å². The summed E-state index contributed by atoms with van der Waals surface area (Å²) in [6.07, 6.45) is 1.27. The first-order valence-electron chi connectivity index (χ1n) is 6.93. The molecule has 0 N–H and O–H groups in total.